The van der Waals surface area contributed by atoms with Gasteiger partial charge in [-0.25, -0.2) is 9.69 Å². The van der Waals surface area contributed by atoms with E-state index in [0.717, 1.165) is 52.7 Å². The first-order valence-electron chi connectivity index (χ1n) is 13.6. The Balaban J connectivity index is 1.28. The van der Waals surface area contributed by atoms with Gasteiger partial charge in [-0.05, 0) is 80.3 Å². The second-order valence-electron chi connectivity index (χ2n) is 10.2. The van der Waals surface area contributed by atoms with Gasteiger partial charge in [0.2, 0.25) is 5.91 Å². The van der Waals surface area contributed by atoms with Gasteiger partial charge in [-0.2, -0.15) is 0 Å². The van der Waals surface area contributed by atoms with Crippen LogP contribution in [0.25, 0.3) is 11.8 Å². The number of nitrogens with zero attached hydrogens (tertiary/aromatic N) is 3. The van der Waals surface area contributed by atoms with E-state index in [9.17, 15) is 14.4 Å². The van der Waals surface area contributed by atoms with Crippen molar-refractivity contribution in [2.45, 2.75) is 34.1 Å². The normalized spacial score (nSPS) is 16.6. The van der Waals surface area contributed by atoms with E-state index in [1.165, 1.54) is 11.1 Å². The third-order valence-corrected chi connectivity index (χ3v) is 7.49. The molecule has 208 valence electrons. The van der Waals surface area contributed by atoms with Gasteiger partial charge in [-0.15, -0.1) is 0 Å². The number of urea groups is 1. The van der Waals surface area contributed by atoms with Crippen LogP contribution >= 0.6 is 0 Å². The molecule has 2 aromatic carbocycles. The summed E-state index contributed by atoms with van der Waals surface area (Å²) in [6, 6.07) is 15.2. The van der Waals surface area contributed by atoms with E-state index in [2.05, 4.69) is 52.1 Å². The Morgan fingerprint density at radius 2 is 1.77 bits per heavy atom. The number of imide groups is 1. The van der Waals surface area contributed by atoms with Crippen LogP contribution in [0.3, 0.4) is 0 Å². The van der Waals surface area contributed by atoms with Gasteiger partial charge in [0.25, 0.3) is 5.91 Å². The lowest BCUT2D eigenvalue weighted by Crippen LogP contribution is -2.38. The SMILES string of the molecule is CCc1cccc(C)c1-n1c(C)cc(/C=C2\NC(=O)N(CC(=O)Nc3ccc(N4CCOCC4)cc3)C2=O)c1C. The first-order valence-corrected chi connectivity index (χ1v) is 13.6. The number of amides is 4. The van der Waals surface area contributed by atoms with E-state index in [4.69, 9.17) is 4.74 Å². The van der Waals surface area contributed by atoms with Crippen molar-refractivity contribution in [2.75, 3.05) is 43.1 Å². The first kappa shape index (κ1) is 27.2. The minimum Gasteiger partial charge on any atom is -0.378 e. The summed E-state index contributed by atoms with van der Waals surface area (Å²) < 4.78 is 7.59. The van der Waals surface area contributed by atoms with Crippen molar-refractivity contribution in [1.29, 1.82) is 0 Å². The average Bonchev–Trinajstić information content (AvgIpc) is 3.37. The lowest BCUT2D eigenvalue weighted by atomic mass is 10.1. The molecule has 2 saturated heterocycles. The Bertz CT molecular complexity index is 1480. The van der Waals surface area contributed by atoms with E-state index in [-0.39, 0.29) is 12.2 Å². The van der Waals surface area contributed by atoms with Crippen LogP contribution in [-0.4, -0.2) is 60.2 Å². The number of hydrogen-bond donors (Lipinski definition) is 2. The molecular formula is C31H35N5O4. The zero-order valence-corrected chi connectivity index (χ0v) is 23.4. The molecule has 9 nitrogen and oxygen atoms in total. The Morgan fingerprint density at radius 1 is 1.05 bits per heavy atom. The monoisotopic (exact) mass is 541 g/mol. The van der Waals surface area contributed by atoms with E-state index < -0.39 is 17.8 Å². The topological polar surface area (TPSA) is 95.9 Å². The van der Waals surface area contributed by atoms with Crippen LogP contribution in [0.5, 0.6) is 0 Å². The zero-order chi connectivity index (χ0) is 28.4. The maximum atomic E-state index is 13.1. The predicted molar refractivity (Wildman–Crippen MR) is 156 cm³/mol. The van der Waals surface area contributed by atoms with Crippen molar-refractivity contribution in [1.82, 2.24) is 14.8 Å². The van der Waals surface area contributed by atoms with Crippen LogP contribution in [0.4, 0.5) is 16.2 Å². The number of rotatable bonds is 7. The molecule has 2 aliphatic heterocycles. The molecule has 0 bridgehead atoms. The number of carbonyl (C=O) groups excluding carboxylic acids is 3. The molecule has 40 heavy (non-hydrogen) atoms. The summed E-state index contributed by atoms with van der Waals surface area (Å²) in [5.74, 6) is -0.980. The van der Waals surface area contributed by atoms with Gasteiger partial charge in [0.15, 0.2) is 0 Å². The van der Waals surface area contributed by atoms with Gasteiger partial charge in [0, 0.05) is 35.9 Å². The summed E-state index contributed by atoms with van der Waals surface area (Å²) in [5, 5.41) is 5.42. The van der Waals surface area contributed by atoms with Crippen LogP contribution < -0.4 is 15.5 Å². The highest BCUT2D eigenvalue weighted by atomic mass is 16.5. The largest absolute Gasteiger partial charge is 0.378 e. The Morgan fingerprint density at radius 3 is 2.48 bits per heavy atom. The molecule has 0 radical (unpaired) electrons. The molecule has 1 aromatic heterocycles. The third kappa shape index (κ3) is 5.37. The van der Waals surface area contributed by atoms with Crippen molar-refractivity contribution < 1.29 is 19.1 Å². The van der Waals surface area contributed by atoms with Gasteiger partial charge in [0.05, 0.1) is 18.9 Å². The molecular weight excluding hydrogens is 506 g/mol. The number of benzene rings is 2. The maximum absolute atomic E-state index is 13.1. The molecule has 0 atom stereocenters. The Kier molecular flexibility index (Phi) is 7.75. The molecule has 0 unspecified atom stereocenters. The summed E-state index contributed by atoms with van der Waals surface area (Å²) in [7, 11) is 0. The molecule has 4 amide bonds. The number of aromatic nitrogens is 1. The fourth-order valence-electron chi connectivity index (χ4n) is 5.39. The Labute approximate surface area is 234 Å². The number of anilines is 2. The van der Waals surface area contributed by atoms with E-state index in [1.54, 1.807) is 6.08 Å². The molecule has 0 spiro atoms. The number of para-hydroxylation sites is 1. The van der Waals surface area contributed by atoms with Crippen molar-refractivity contribution in [3.8, 4) is 5.69 Å². The maximum Gasteiger partial charge on any atom is 0.329 e. The molecule has 2 aliphatic rings. The summed E-state index contributed by atoms with van der Waals surface area (Å²) in [6.45, 7) is 10.9. The quantitative estimate of drug-likeness (QED) is 0.343. The molecule has 2 fully saturated rings. The number of nitrogens with one attached hydrogen (secondary N) is 2. The molecule has 2 N–H and O–H groups in total. The minimum absolute atomic E-state index is 0.147. The molecule has 9 heteroatoms. The van der Waals surface area contributed by atoms with Crippen molar-refractivity contribution in [2.24, 2.45) is 0 Å². The standard InChI is InChI=1S/C31H35N5O4/c1-5-23-8-6-7-20(2)29(23)36-21(3)17-24(22(36)4)18-27-30(38)35(31(39)33-27)19-28(37)32-25-9-11-26(12-10-25)34-13-15-40-16-14-34/h6-12,17-18H,5,13-16,19H2,1-4H3,(H,32,37)(H,33,39)/b27-18-. The van der Waals surface area contributed by atoms with Crippen LogP contribution in [0, 0.1) is 20.8 Å². The number of ether oxygens (including phenoxy) is 1. The number of carbonyl (C=O) groups is 3. The van der Waals surface area contributed by atoms with Crippen molar-refractivity contribution in [3.63, 3.8) is 0 Å². The molecule has 5 rings (SSSR count). The van der Waals surface area contributed by atoms with E-state index in [1.807, 2.05) is 44.2 Å². The van der Waals surface area contributed by atoms with Gasteiger partial charge in [-0.1, -0.05) is 25.1 Å². The lowest BCUT2D eigenvalue weighted by Gasteiger charge is -2.28. The highest BCUT2D eigenvalue weighted by Crippen LogP contribution is 2.28. The van der Waals surface area contributed by atoms with E-state index >= 15 is 0 Å². The smallest absolute Gasteiger partial charge is 0.329 e. The summed E-state index contributed by atoms with van der Waals surface area (Å²) in [6.07, 6.45) is 2.58. The van der Waals surface area contributed by atoms with Crippen LogP contribution in [0.15, 0.2) is 54.2 Å². The second kappa shape index (κ2) is 11.4. The first-order chi connectivity index (χ1) is 19.3. The summed E-state index contributed by atoms with van der Waals surface area (Å²) >= 11 is 0. The summed E-state index contributed by atoms with van der Waals surface area (Å²) in [5.41, 5.74) is 8.17. The van der Waals surface area contributed by atoms with Crippen LogP contribution in [0.2, 0.25) is 0 Å². The van der Waals surface area contributed by atoms with Crippen molar-refractivity contribution >= 4 is 35.3 Å². The minimum atomic E-state index is -0.616. The molecule has 0 aliphatic carbocycles. The van der Waals surface area contributed by atoms with Gasteiger partial charge >= 0.3 is 6.03 Å². The molecule has 3 heterocycles. The van der Waals surface area contributed by atoms with Crippen molar-refractivity contribution in [3.05, 3.63) is 82.3 Å². The third-order valence-electron chi connectivity index (χ3n) is 7.49. The lowest BCUT2D eigenvalue weighted by molar-refractivity contribution is -0.127. The highest BCUT2D eigenvalue weighted by Gasteiger charge is 2.35. The van der Waals surface area contributed by atoms with E-state index in [0.29, 0.717) is 18.9 Å². The van der Waals surface area contributed by atoms with Crippen LogP contribution in [-0.2, 0) is 20.7 Å². The predicted octanol–water partition coefficient (Wildman–Crippen LogP) is 4.33. The van der Waals surface area contributed by atoms with Crippen LogP contribution in [0.1, 0.15) is 35.0 Å². The average molecular weight is 542 g/mol. The molecule has 0 saturated carbocycles. The number of hydrogen-bond acceptors (Lipinski definition) is 5. The number of aryl methyl sites for hydroxylation is 3. The fourth-order valence-corrected chi connectivity index (χ4v) is 5.39. The molecule has 3 aromatic rings. The fraction of sp³-hybridized carbons (Fsp3) is 0.323. The number of morpholine rings is 1. The zero-order valence-electron chi connectivity index (χ0n) is 23.4. The van der Waals surface area contributed by atoms with Gasteiger partial charge in [-0.3, -0.25) is 9.59 Å². The van der Waals surface area contributed by atoms with Gasteiger partial charge in [0.1, 0.15) is 12.2 Å². The summed E-state index contributed by atoms with van der Waals surface area (Å²) in [4.78, 5) is 41.7. The van der Waals surface area contributed by atoms with Gasteiger partial charge < -0.3 is 24.8 Å². The highest BCUT2D eigenvalue weighted by molar-refractivity contribution is 6.16. The second-order valence-corrected chi connectivity index (χ2v) is 10.2. The Hall–Kier alpha value is -4.37.